The van der Waals surface area contributed by atoms with Crippen molar-refractivity contribution in [3.05, 3.63) is 59.7 Å². The predicted molar refractivity (Wildman–Crippen MR) is 141 cm³/mol. The Morgan fingerprint density at radius 2 is 1.81 bits per heavy atom. The van der Waals surface area contributed by atoms with Crippen LogP contribution in [0, 0.1) is 0 Å². The molecule has 1 unspecified atom stereocenters. The Hall–Kier alpha value is -2.00. The Morgan fingerprint density at radius 1 is 1.09 bits per heavy atom. The second-order valence-corrected chi connectivity index (χ2v) is 8.72. The molecule has 7 heteroatoms. The van der Waals surface area contributed by atoms with Crippen LogP contribution in [0.3, 0.4) is 0 Å². The number of anilines is 1. The Bertz CT molecular complexity index is 912. The van der Waals surface area contributed by atoms with Crippen molar-refractivity contribution in [2.75, 3.05) is 37.7 Å². The zero-order chi connectivity index (χ0) is 21.7. The minimum atomic E-state index is -0.230. The summed E-state index contributed by atoms with van der Waals surface area (Å²) in [6.07, 6.45) is 0.874. The van der Waals surface area contributed by atoms with Crippen molar-refractivity contribution >= 4 is 35.6 Å². The Kier molecular flexibility index (Phi) is 8.64. The monoisotopic (exact) mass is 550 g/mol. The van der Waals surface area contributed by atoms with Gasteiger partial charge in [0.1, 0.15) is 11.4 Å². The van der Waals surface area contributed by atoms with E-state index in [0.29, 0.717) is 6.54 Å². The molecule has 1 atom stereocenters. The molecular weight excluding hydrogens is 515 g/mol. The second-order valence-electron chi connectivity index (χ2n) is 8.72. The molecule has 0 aliphatic carbocycles. The van der Waals surface area contributed by atoms with E-state index in [-0.39, 0.29) is 35.6 Å². The highest BCUT2D eigenvalue weighted by atomic mass is 127. The molecule has 0 aromatic heterocycles. The molecular formula is C25H35IN4O2. The topological polar surface area (TPSA) is 58.1 Å². The molecule has 2 aliphatic rings. The lowest BCUT2D eigenvalue weighted by Gasteiger charge is -2.38. The van der Waals surface area contributed by atoms with Gasteiger partial charge >= 0.3 is 0 Å². The molecule has 0 bridgehead atoms. The van der Waals surface area contributed by atoms with E-state index in [1.807, 2.05) is 12.1 Å². The van der Waals surface area contributed by atoms with Gasteiger partial charge in [0.05, 0.1) is 25.8 Å². The Balaban J connectivity index is 0.00000289. The van der Waals surface area contributed by atoms with E-state index in [4.69, 9.17) is 14.5 Å². The maximum absolute atomic E-state index is 6.19. The lowest BCUT2D eigenvalue weighted by Crippen LogP contribution is -2.45. The molecule has 32 heavy (non-hydrogen) atoms. The van der Waals surface area contributed by atoms with Crippen molar-refractivity contribution in [2.45, 2.75) is 45.4 Å². The van der Waals surface area contributed by atoms with Gasteiger partial charge in [-0.2, -0.15) is 0 Å². The van der Waals surface area contributed by atoms with E-state index in [9.17, 15) is 0 Å². The van der Waals surface area contributed by atoms with Crippen molar-refractivity contribution in [3.63, 3.8) is 0 Å². The van der Waals surface area contributed by atoms with Crippen LogP contribution in [-0.2, 0) is 11.3 Å². The van der Waals surface area contributed by atoms with Crippen LogP contribution in [0.1, 0.15) is 44.4 Å². The normalized spacial score (nSPS) is 19.9. The first-order chi connectivity index (χ1) is 15.1. The predicted octanol–water partition coefficient (Wildman–Crippen LogP) is 4.50. The molecule has 2 aromatic rings. The molecule has 2 aromatic carbocycles. The first kappa shape index (κ1) is 24.6. The Morgan fingerprint density at radius 3 is 2.59 bits per heavy atom. The number of hydrogen-bond donors (Lipinski definition) is 2. The molecule has 1 saturated heterocycles. The third kappa shape index (κ3) is 6.07. The summed E-state index contributed by atoms with van der Waals surface area (Å²) < 4.78 is 11.7. The first-order valence-electron chi connectivity index (χ1n) is 11.3. The fraction of sp³-hybridized carbons (Fsp3) is 0.480. The van der Waals surface area contributed by atoms with E-state index in [1.165, 1.54) is 16.8 Å². The molecule has 6 nitrogen and oxygen atoms in total. The van der Waals surface area contributed by atoms with Crippen molar-refractivity contribution in [1.82, 2.24) is 10.6 Å². The van der Waals surface area contributed by atoms with Gasteiger partial charge in [-0.25, -0.2) is 4.99 Å². The van der Waals surface area contributed by atoms with E-state index < -0.39 is 0 Å². The van der Waals surface area contributed by atoms with Gasteiger partial charge in [0.25, 0.3) is 0 Å². The lowest BCUT2D eigenvalue weighted by atomic mass is 9.90. The van der Waals surface area contributed by atoms with Crippen LogP contribution >= 0.6 is 24.0 Å². The zero-order valence-corrected chi connectivity index (χ0v) is 21.6. The number of aliphatic imine (C=N–C) groups is 1. The van der Waals surface area contributed by atoms with Gasteiger partial charge in [-0.1, -0.05) is 36.4 Å². The summed E-state index contributed by atoms with van der Waals surface area (Å²) in [5.41, 5.74) is 3.44. The summed E-state index contributed by atoms with van der Waals surface area (Å²) in [6.45, 7) is 11.2. The average molecular weight is 550 g/mol. The van der Waals surface area contributed by atoms with Crippen LogP contribution in [0.2, 0.25) is 0 Å². The van der Waals surface area contributed by atoms with E-state index in [2.05, 4.69) is 72.7 Å². The van der Waals surface area contributed by atoms with Crippen molar-refractivity contribution in [2.24, 2.45) is 4.99 Å². The number of nitrogens with one attached hydrogen (secondary N) is 2. The fourth-order valence-corrected chi connectivity index (χ4v) is 4.34. The molecule has 2 aliphatic heterocycles. The largest absolute Gasteiger partial charge is 0.487 e. The van der Waals surface area contributed by atoms with Gasteiger partial charge in [0, 0.05) is 37.3 Å². The molecule has 2 heterocycles. The average Bonchev–Trinajstić information content (AvgIpc) is 2.77. The highest BCUT2D eigenvalue weighted by molar-refractivity contribution is 14.0. The first-order valence-corrected chi connectivity index (χ1v) is 11.3. The van der Waals surface area contributed by atoms with Crippen LogP contribution in [0.4, 0.5) is 5.69 Å². The molecule has 0 radical (unpaired) electrons. The highest BCUT2D eigenvalue weighted by Crippen LogP contribution is 2.39. The zero-order valence-electron chi connectivity index (χ0n) is 19.3. The number of fused-ring (bicyclic) bond motifs is 1. The van der Waals surface area contributed by atoms with Gasteiger partial charge in [-0.05, 0) is 38.5 Å². The molecule has 0 saturated carbocycles. The van der Waals surface area contributed by atoms with E-state index in [1.54, 1.807) is 0 Å². The van der Waals surface area contributed by atoms with Gasteiger partial charge < -0.3 is 25.0 Å². The molecule has 2 N–H and O–H groups in total. The number of halogens is 1. The van der Waals surface area contributed by atoms with Gasteiger partial charge in [0.2, 0.25) is 0 Å². The maximum Gasteiger partial charge on any atom is 0.192 e. The summed E-state index contributed by atoms with van der Waals surface area (Å²) in [5, 5.41) is 7.09. The molecule has 0 spiro atoms. The number of guanidine groups is 1. The minimum absolute atomic E-state index is 0. The summed E-state index contributed by atoms with van der Waals surface area (Å²) in [7, 11) is 0. The quantitative estimate of drug-likeness (QED) is 0.326. The summed E-state index contributed by atoms with van der Waals surface area (Å²) in [5.74, 6) is 1.78. The number of ether oxygens (including phenoxy) is 2. The van der Waals surface area contributed by atoms with E-state index >= 15 is 0 Å². The number of nitrogens with zero attached hydrogens (tertiary/aromatic N) is 2. The SMILES string of the molecule is CCNC(=NCc1ccccc1N1CCOCC1)NC1CC(C)(C)Oc2ccccc21.I. The summed E-state index contributed by atoms with van der Waals surface area (Å²) >= 11 is 0. The smallest absolute Gasteiger partial charge is 0.192 e. The van der Waals surface area contributed by atoms with Crippen LogP contribution in [0.25, 0.3) is 0 Å². The maximum atomic E-state index is 6.19. The second kappa shape index (κ2) is 11.2. The third-order valence-electron chi connectivity index (χ3n) is 5.78. The lowest BCUT2D eigenvalue weighted by molar-refractivity contribution is 0.0694. The molecule has 1 fully saturated rings. The minimum Gasteiger partial charge on any atom is -0.487 e. The van der Waals surface area contributed by atoms with Crippen LogP contribution in [0.15, 0.2) is 53.5 Å². The van der Waals surface area contributed by atoms with Gasteiger partial charge in [0.15, 0.2) is 5.96 Å². The number of para-hydroxylation sites is 2. The van der Waals surface area contributed by atoms with Crippen LogP contribution in [0.5, 0.6) is 5.75 Å². The van der Waals surface area contributed by atoms with Gasteiger partial charge in [-0.3, -0.25) is 0 Å². The van der Waals surface area contributed by atoms with Crippen LogP contribution < -0.4 is 20.3 Å². The highest BCUT2D eigenvalue weighted by Gasteiger charge is 2.34. The number of benzene rings is 2. The number of morpholine rings is 1. The molecule has 0 amide bonds. The summed E-state index contributed by atoms with van der Waals surface area (Å²) in [4.78, 5) is 7.34. The number of hydrogen-bond acceptors (Lipinski definition) is 4. The van der Waals surface area contributed by atoms with E-state index in [0.717, 1.165) is 51.0 Å². The fourth-order valence-electron chi connectivity index (χ4n) is 4.34. The molecule has 4 rings (SSSR count). The van der Waals surface area contributed by atoms with Crippen LogP contribution in [-0.4, -0.2) is 44.4 Å². The van der Waals surface area contributed by atoms with Crippen molar-refractivity contribution in [3.8, 4) is 5.75 Å². The standard InChI is InChI=1S/C25H34N4O2.HI/c1-4-26-24(28-21-17-25(2,3)31-23-12-8-6-10-20(21)23)27-18-19-9-5-7-11-22(19)29-13-15-30-16-14-29;/h5-12,21H,4,13-18H2,1-3H3,(H2,26,27,28);1H. The number of rotatable bonds is 5. The molecule has 174 valence electrons. The van der Waals surface area contributed by atoms with Crippen molar-refractivity contribution in [1.29, 1.82) is 0 Å². The third-order valence-corrected chi connectivity index (χ3v) is 5.78. The summed E-state index contributed by atoms with van der Waals surface area (Å²) in [6, 6.07) is 17.0. The van der Waals surface area contributed by atoms with Gasteiger partial charge in [-0.15, -0.1) is 24.0 Å². The Labute approximate surface area is 208 Å². The van der Waals surface area contributed by atoms with Crippen molar-refractivity contribution < 1.29 is 9.47 Å².